The minimum Gasteiger partial charge on any atom is -0.325 e. The largest absolute Gasteiger partial charge is 0.325 e. The van der Waals surface area contributed by atoms with Crippen molar-refractivity contribution in [1.82, 2.24) is 4.31 Å². The van der Waals surface area contributed by atoms with Crippen LogP contribution < -0.4 is 5.32 Å². The number of anilines is 1. The maximum Gasteiger partial charge on any atom is 0.239 e. The maximum atomic E-state index is 12.9. The summed E-state index contributed by atoms with van der Waals surface area (Å²) in [7, 11) is -2.06. The number of likely N-dealkylation sites (N-methyl/N-ethyl adjacent to an activating group) is 1. The number of hydrogen-bond acceptors (Lipinski definition) is 3. The van der Waals surface area contributed by atoms with Crippen molar-refractivity contribution >= 4 is 21.6 Å². The van der Waals surface area contributed by atoms with Crippen LogP contribution in [0.3, 0.4) is 0 Å². The van der Waals surface area contributed by atoms with E-state index in [1.165, 1.54) is 31.3 Å². The lowest BCUT2D eigenvalue weighted by Gasteiger charge is -2.16. The van der Waals surface area contributed by atoms with Crippen LogP contribution in [0, 0.1) is 5.82 Å². The average molecular weight is 288 g/mol. The molecule has 0 aliphatic heterocycles. The van der Waals surface area contributed by atoms with Crippen molar-refractivity contribution in [3.63, 3.8) is 0 Å². The molecule has 0 fully saturated rings. The molecule has 0 radical (unpaired) electrons. The van der Waals surface area contributed by atoms with Crippen LogP contribution in [0.4, 0.5) is 10.1 Å². The van der Waals surface area contributed by atoms with E-state index in [4.69, 9.17) is 0 Å². The zero-order valence-corrected chi connectivity index (χ0v) is 11.7. The lowest BCUT2D eigenvalue weighted by Crippen LogP contribution is -2.36. The molecule has 1 aromatic carbocycles. The number of amides is 1. The van der Waals surface area contributed by atoms with Crippen LogP contribution in [-0.4, -0.2) is 38.0 Å². The van der Waals surface area contributed by atoms with E-state index in [-0.39, 0.29) is 12.3 Å². The van der Waals surface area contributed by atoms with Gasteiger partial charge in [0.1, 0.15) is 5.82 Å². The number of sulfonamides is 1. The van der Waals surface area contributed by atoms with Gasteiger partial charge in [0.25, 0.3) is 0 Å². The zero-order valence-electron chi connectivity index (χ0n) is 10.9. The Labute approximate surface area is 112 Å². The summed E-state index contributed by atoms with van der Waals surface area (Å²) in [5, 5.41) is 2.44. The maximum absolute atomic E-state index is 12.9. The molecule has 0 saturated carbocycles. The van der Waals surface area contributed by atoms with Crippen molar-refractivity contribution in [1.29, 1.82) is 0 Å². The lowest BCUT2D eigenvalue weighted by atomic mass is 10.3. The first-order valence-corrected chi connectivity index (χ1v) is 7.45. The topological polar surface area (TPSA) is 66.5 Å². The van der Waals surface area contributed by atoms with Crippen molar-refractivity contribution in [2.45, 2.75) is 13.3 Å². The summed E-state index contributed by atoms with van der Waals surface area (Å²) in [6, 6.07) is 5.41. The van der Waals surface area contributed by atoms with Crippen LogP contribution in [0.15, 0.2) is 24.3 Å². The Morgan fingerprint density at radius 2 is 2.11 bits per heavy atom. The molecule has 0 aliphatic carbocycles. The summed E-state index contributed by atoms with van der Waals surface area (Å²) < 4.78 is 37.2. The van der Waals surface area contributed by atoms with E-state index < -0.39 is 21.7 Å². The molecule has 19 heavy (non-hydrogen) atoms. The van der Waals surface area contributed by atoms with E-state index in [1.54, 1.807) is 6.92 Å². The van der Waals surface area contributed by atoms with E-state index in [2.05, 4.69) is 5.32 Å². The van der Waals surface area contributed by atoms with Gasteiger partial charge in [-0.1, -0.05) is 13.0 Å². The molecule has 5 nitrogen and oxygen atoms in total. The minimum absolute atomic E-state index is 0.00323. The van der Waals surface area contributed by atoms with Crippen molar-refractivity contribution in [2.24, 2.45) is 0 Å². The predicted molar refractivity (Wildman–Crippen MR) is 71.7 cm³/mol. The molecule has 0 heterocycles. The molecule has 1 amide bonds. The van der Waals surface area contributed by atoms with Crippen LogP contribution in [0.1, 0.15) is 13.3 Å². The van der Waals surface area contributed by atoms with E-state index in [0.29, 0.717) is 12.1 Å². The molecular formula is C12H17FN2O3S. The molecule has 1 rings (SSSR count). The van der Waals surface area contributed by atoms with Gasteiger partial charge in [0.15, 0.2) is 0 Å². The number of carbonyl (C=O) groups excluding carboxylic acids is 1. The molecule has 106 valence electrons. The Morgan fingerprint density at radius 3 is 2.68 bits per heavy atom. The smallest absolute Gasteiger partial charge is 0.239 e. The Hall–Kier alpha value is -1.47. The highest BCUT2D eigenvalue weighted by Gasteiger charge is 2.19. The first kappa shape index (κ1) is 15.6. The van der Waals surface area contributed by atoms with Crippen molar-refractivity contribution in [3.05, 3.63) is 30.1 Å². The molecular weight excluding hydrogens is 271 g/mol. The molecule has 0 unspecified atom stereocenters. The van der Waals surface area contributed by atoms with Gasteiger partial charge in [0.05, 0.1) is 12.3 Å². The van der Waals surface area contributed by atoms with Crippen LogP contribution in [0.5, 0.6) is 0 Å². The monoisotopic (exact) mass is 288 g/mol. The van der Waals surface area contributed by atoms with Gasteiger partial charge < -0.3 is 5.32 Å². The van der Waals surface area contributed by atoms with Crippen LogP contribution >= 0.6 is 0 Å². The van der Waals surface area contributed by atoms with Gasteiger partial charge in [-0.3, -0.25) is 4.79 Å². The third-order valence-corrected chi connectivity index (χ3v) is 4.41. The summed E-state index contributed by atoms with van der Waals surface area (Å²) in [5.74, 6) is -0.978. The second-order valence-corrected chi connectivity index (χ2v) is 6.33. The minimum atomic E-state index is -3.41. The number of nitrogens with zero attached hydrogens (tertiary/aromatic N) is 1. The van der Waals surface area contributed by atoms with Gasteiger partial charge in [-0.25, -0.2) is 12.8 Å². The van der Waals surface area contributed by atoms with Crippen LogP contribution in [0.2, 0.25) is 0 Å². The molecule has 0 aromatic heterocycles. The molecule has 0 saturated heterocycles. The normalized spacial score (nSPS) is 11.6. The summed E-state index contributed by atoms with van der Waals surface area (Å²) in [6.07, 6.45) is 0.484. The fraction of sp³-hybridized carbons (Fsp3) is 0.417. The van der Waals surface area contributed by atoms with Gasteiger partial charge in [0, 0.05) is 12.7 Å². The Kier molecular flexibility index (Phi) is 5.44. The first-order chi connectivity index (χ1) is 8.85. The molecule has 0 aliphatic rings. The van der Waals surface area contributed by atoms with E-state index in [0.717, 1.165) is 4.31 Å². The second kappa shape index (κ2) is 6.63. The van der Waals surface area contributed by atoms with Crippen molar-refractivity contribution in [3.8, 4) is 0 Å². The van der Waals surface area contributed by atoms with E-state index in [1.807, 2.05) is 0 Å². The Bertz CT molecular complexity index is 546. The SMILES string of the molecule is CCCS(=O)(=O)N(C)CC(=O)Nc1cccc(F)c1. The summed E-state index contributed by atoms with van der Waals surface area (Å²) in [4.78, 5) is 11.6. The quantitative estimate of drug-likeness (QED) is 0.861. The van der Waals surface area contributed by atoms with Crippen molar-refractivity contribution < 1.29 is 17.6 Å². The number of nitrogens with one attached hydrogen (secondary N) is 1. The number of halogens is 1. The summed E-state index contributed by atoms with van der Waals surface area (Å²) >= 11 is 0. The van der Waals surface area contributed by atoms with E-state index in [9.17, 15) is 17.6 Å². The third-order valence-electron chi connectivity index (χ3n) is 2.41. The highest BCUT2D eigenvalue weighted by molar-refractivity contribution is 7.89. The standard InChI is InChI=1S/C12H17FN2O3S/c1-3-7-19(17,18)15(2)9-12(16)14-11-6-4-5-10(13)8-11/h4-6,8H,3,7,9H2,1-2H3,(H,14,16). The second-order valence-electron chi connectivity index (χ2n) is 4.13. The zero-order chi connectivity index (χ0) is 14.5. The molecule has 0 spiro atoms. The van der Waals surface area contributed by atoms with Gasteiger partial charge in [-0.15, -0.1) is 0 Å². The lowest BCUT2D eigenvalue weighted by molar-refractivity contribution is -0.116. The molecule has 0 bridgehead atoms. The number of rotatable bonds is 6. The van der Waals surface area contributed by atoms with Gasteiger partial charge in [-0.05, 0) is 24.6 Å². The molecule has 7 heteroatoms. The molecule has 1 N–H and O–H groups in total. The summed E-state index contributed by atoms with van der Waals surface area (Å²) in [5.41, 5.74) is 0.297. The number of benzene rings is 1. The number of carbonyl (C=O) groups is 1. The van der Waals surface area contributed by atoms with Crippen LogP contribution in [0.25, 0.3) is 0 Å². The molecule has 0 atom stereocenters. The predicted octanol–water partition coefficient (Wildman–Crippen LogP) is 1.44. The van der Waals surface area contributed by atoms with Gasteiger partial charge in [0.2, 0.25) is 15.9 Å². The fourth-order valence-electron chi connectivity index (χ4n) is 1.48. The highest BCUT2D eigenvalue weighted by atomic mass is 32.2. The highest BCUT2D eigenvalue weighted by Crippen LogP contribution is 2.09. The fourth-order valence-corrected chi connectivity index (χ4v) is 2.62. The van der Waals surface area contributed by atoms with Gasteiger partial charge in [-0.2, -0.15) is 4.31 Å². The van der Waals surface area contributed by atoms with Crippen molar-refractivity contribution in [2.75, 3.05) is 24.7 Å². The van der Waals surface area contributed by atoms with Crippen LogP contribution in [-0.2, 0) is 14.8 Å². The van der Waals surface area contributed by atoms with Gasteiger partial charge >= 0.3 is 0 Å². The molecule has 1 aromatic rings. The van der Waals surface area contributed by atoms with E-state index >= 15 is 0 Å². The summed E-state index contributed by atoms with van der Waals surface area (Å²) in [6.45, 7) is 1.46. The Morgan fingerprint density at radius 1 is 1.42 bits per heavy atom. The Balaban J connectivity index is 2.61. The first-order valence-electron chi connectivity index (χ1n) is 5.84. The number of hydrogen-bond donors (Lipinski definition) is 1. The third kappa shape index (κ3) is 4.96. The average Bonchev–Trinajstić information content (AvgIpc) is 2.28.